The molecule has 1 aromatic carbocycles. The summed E-state index contributed by atoms with van der Waals surface area (Å²) in [6.45, 7) is 0.712. The van der Waals surface area contributed by atoms with Crippen molar-refractivity contribution in [1.29, 1.82) is 0 Å². The topological polar surface area (TPSA) is 29.4 Å². The SMILES string of the molecule is O=C1CCCC(=NCc2ccccc2)C1. The summed E-state index contributed by atoms with van der Waals surface area (Å²) in [6, 6.07) is 10.2. The lowest BCUT2D eigenvalue weighted by molar-refractivity contribution is -0.118. The summed E-state index contributed by atoms with van der Waals surface area (Å²) in [5.41, 5.74) is 2.29. The van der Waals surface area contributed by atoms with Gasteiger partial charge in [0, 0.05) is 18.6 Å². The van der Waals surface area contributed by atoms with Crippen LogP contribution in [0.5, 0.6) is 0 Å². The molecule has 2 nitrogen and oxygen atoms in total. The van der Waals surface area contributed by atoms with Crippen molar-refractivity contribution in [2.45, 2.75) is 32.2 Å². The molecule has 0 spiro atoms. The third kappa shape index (κ3) is 3.01. The molecule has 1 saturated carbocycles. The van der Waals surface area contributed by atoms with Gasteiger partial charge in [0.15, 0.2) is 0 Å². The van der Waals surface area contributed by atoms with Gasteiger partial charge >= 0.3 is 0 Å². The summed E-state index contributed by atoms with van der Waals surface area (Å²) < 4.78 is 0. The zero-order valence-electron chi connectivity index (χ0n) is 8.78. The van der Waals surface area contributed by atoms with Crippen LogP contribution in [0.4, 0.5) is 0 Å². The predicted molar refractivity (Wildman–Crippen MR) is 61.1 cm³/mol. The fourth-order valence-corrected chi connectivity index (χ4v) is 1.82. The molecule has 1 aliphatic carbocycles. The first-order valence-corrected chi connectivity index (χ1v) is 5.42. The average Bonchev–Trinajstić information content (AvgIpc) is 2.28. The second kappa shape index (κ2) is 4.87. The van der Waals surface area contributed by atoms with E-state index in [1.54, 1.807) is 0 Å². The summed E-state index contributed by atoms with van der Waals surface area (Å²) >= 11 is 0. The Labute approximate surface area is 90.0 Å². The number of nitrogens with zero attached hydrogens (tertiary/aromatic N) is 1. The zero-order chi connectivity index (χ0) is 10.5. The molecule has 0 amide bonds. The van der Waals surface area contributed by atoms with E-state index < -0.39 is 0 Å². The molecular formula is C13H15NO. The Morgan fingerprint density at radius 1 is 1.13 bits per heavy atom. The fourth-order valence-electron chi connectivity index (χ4n) is 1.82. The van der Waals surface area contributed by atoms with Crippen LogP contribution in [0.1, 0.15) is 31.2 Å². The largest absolute Gasteiger partial charge is 0.299 e. The van der Waals surface area contributed by atoms with Gasteiger partial charge in [-0.1, -0.05) is 30.3 Å². The van der Waals surface area contributed by atoms with E-state index in [4.69, 9.17) is 0 Å². The number of benzene rings is 1. The summed E-state index contributed by atoms with van der Waals surface area (Å²) in [7, 11) is 0. The molecule has 0 bridgehead atoms. The molecule has 0 aliphatic heterocycles. The van der Waals surface area contributed by atoms with Gasteiger partial charge in [-0.15, -0.1) is 0 Å². The van der Waals surface area contributed by atoms with E-state index in [1.807, 2.05) is 18.2 Å². The highest BCUT2D eigenvalue weighted by molar-refractivity contribution is 6.03. The van der Waals surface area contributed by atoms with Crippen LogP contribution in [-0.4, -0.2) is 11.5 Å². The lowest BCUT2D eigenvalue weighted by Gasteiger charge is -2.11. The molecule has 0 N–H and O–H groups in total. The smallest absolute Gasteiger partial charge is 0.138 e. The minimum Gasteiger partial charge on any atom is -0.299 e. The van der Waals surface area contributed by atoms with Crippen molar-refractivity contribution < 1.29 is 4.79 Å². The molecule has 15 heavy (non-hydrogen) atoms. The normalized spacial score (nSPS) is 19.5. The standard InChI is InChI=1S/C13H15NO/c15-13-8-4-7-12(9-13)14-10-11-5-2-1-3-6-11/h1-3,5-6H,4,7-10H2. The van der Waals surface area contributed by atoms with Crippen molar-refractivity contribution in [1.82, 2.24) is 0 Å². The van der Waals surface area contributed by atoms with Crippen LogP contribution in [0.15, 0.2) is 35.3 Å². The number of hydrogen-bond acceptors (Lipinski definition) is 2. The van der Waals surface area contributed by atoms with Gasteiger partial charge in [0.25, 0.3) is 0 Å². The van der Waals surface area contributed by atoms with Crippen molar-refractivity contribution in [2.75, 3.05) is 0 Å². The molecule has 0 heterocycles. The van der Waals surface area contributed by atoms with Crippen LogP contribution in [0.25, 0.3) is 0 Å². The number of Topliss-reactive ketones (excluding diaryl/α,β-unsaturated/α-hetero) is 1. The molecule has 0 unspecified atom stereocenters. The molecular weight excluding hydrogens is 186 g/mol. The molecule has 2 heteroatoms. The maximum Gasteiger partial charge on any atom is 0.138 e. The van der Waals surface area contributed by atoms with Gasteiger partial charge in [-0.05, 0) is 18.4 Å². The van der Waals surface area contributed by atoms with Gasteiger partial charge in [-0.3, -0.25) is 9.79 Å². The lowest BCUT2D eigenvalue weighted by atomic mass is 9.97. The average molecular weight is 201 g/mol. The maximum atomic E-state index is 11.2. The molecule has 0 radical (unpaired) electrons. The van der Waals surface area contributed by atoms with Crippen LogP contribution in [-0.2, 0) is 11.3 Å². The van der Waals surface area contributed by atoms with Crippen LogP contribution in [0, 0.1) is 0 Å². The van der Waals surface area contributed by atoms with Gasteiger partial charge < -0.3 is 0 Å². The Kier molecular flexibility index (Phi) is 3.28. The number of carbonyl (C=O) groups excluding carboxylic acids is 1. The highest BCUT2D eigenvalue weighted by atomic mass is 16.1. The van der Waals surface area contributed by atoms with Crippen LogP contribution >= 0.6 is 0 Å². The molecule has 78 valence electrons. The Balaban J connectivity index is 1.96. The van der Waals surface area contributed by atoms with Crippen LogP contribution < -0.4 is 0 Å². The van der Waals surface area contributed by atoms with E-state index in [-0.39, 0.29) is 0 Å². The number of rotatable bonds is 2. The van der Waals surface area contributed by atoms with Crippen molar-refractivity contribution in [3.05, 3.63) is 35.9 Å². The van der Waals surface area contributed by atoms with Gasteiger partial charge in [0.2, 0.25) is 0 Å². The van der Waals surface area contributed by atoms with Gasteiger partial charge in [0.1, 0.15) is 5.78 Å². The highest BCUT2D eigenvalue weighted by Crippen LogP contribution is 2.13. The number of ketones is 1. The van der Waals surface area contributed by atoms with Gasteiger partial charge in [0.05, 0.1) is 6.54 Å². The Hall–Kier alpha value is -1.44. The minimum atomic E-state index is 0.341. The minimum absolute atomic E-state index is 0.341. The number of carbonyl (C=O) groups is 1. The summed E-state index contributed by atoms with van der Waals surface area (Å²) in [5.74, 6) is 0.341. The molecule has 0 aromatic heterocycles. The predicted octanol–water partition coefficient (Wildman–Crippen LogP) is 2.77. The van der Waals surface area contributed by atoms with Crippen molar-refractivity contribution in [3.8, 4) is 0 Å². The first-order chi connectivity index (χ1) is 7.34. The molecule has 2 rings (SSSR count). The van der Waals surface area contributed by atoms with E-state index in [0.717, 1.165) is 25.0 Å². The molecule has 1 aromatic rings. The molecule has 1 aliphatic rings. The third-order valence-electron chi connectivity index (χ3n) is 2.65. The third-order valence-corrected chi connectivity index (χ3v) is 2.65. The van der Waals surface area contributed by atoms with E-state index in [0.29, 0.717) is 18.7 Å². The molecule has 0 atom stereocenters. The van der Waals surface area contributed by atoms with Gasteiger partial charge in [-0.2, -0.15) is 0 Å². The maximum absolute atomic E-state index is 11.2. The number of hydrogen-bond donors (Lipinski definition) is 0. The van der Waals surface area contributed by atoms with Crippen molar-refractivity contribution in [2.24, 2.45) is 4.99 Å². The van der Waals surface area contributed by atoms with Crippen molar-refractivity contribution >= 4 is 11.5 Å². The highest BCUT2D eigenvalue weighted by Gasteiger charge is 2.13. The second-order valence-electron chi connectivity index (χ2n) is 3.94. The van der Waals surface area contributed by atoms with E-state index in [1.165, 1.54) is 5.56 Å². The van der Waals surface area contributed by atoms with Crippen LogP contribution in [0.2, 0.25) is 0 Å². The van der Waals surface area contributed by atoms with E-state index >= 15 is 0 Å². The van der Waals surface area contributed by atoms with Crippen molar-refractivity contribution in [3.63, 3.8) is 0 Å². The Bertz CT molecular complexity index is 367. The Morgan fingerprint density at radius 2 is 1.93 bits per heavy atom. The first kappa shape index (κ1) is 10.1. The summed E-state index contributed by atoms with van der Waals surface area (Å²) in [4.78, 5) is 15.7. The van der Waals surface area contributed by atoms with E-state index in [2.05, 4.69) is 17.1 Å². The summed E-state index contributed by atoms with van der Waals surface area (Å²) in [6.07, 6.45) is 3.29. The summed E-state index contributed by atoms with van der Waals surface area (Å²) in [5, 5.41) is 0. The molecule has 1 fully saturated rings. The van der Waals surface area contributed by atoms with Crippen LogP contribution in [0.3, 0.4) is 0 Å². The Morgan fingerprint density at radius 3 is 2.67 bits per heavy atom. The van der Waals surface area contributed by atoms with E-state index in [9.17, 15) is 4.79 Å². The monoisotopic (exact) mass is 201 g/mol. The second-order valence-corrected chi connectivity index (χ2v) is 3.94. The van der Waals surface area contributed by atoms with Gasteiger partial charge in [-0.25, -0.2) is 0 Å². The fraction of sp³-hybridized carbons (Fsp3) is 0.385. The molecule has 0 saturated heterocycles. The quantitative estimate of drug-likeness (QED) is 0.723. The lowest BCUT2D eigenvalue weighted by Crippen LogP contribution is -2.14. The number of aliphatic imine (C=N–C) groups is 1. The zero-order valence-corrected chi connectivity index (χ0v) is 8.78. The first-order valence-electron chi connectivity index (χ1n) is 5.42.